The van der Waals surface area contributed by atoms with E-state index in [2.05, 4.69) is 0 Å². The third-order valence-electron chi connectivity index (χ3n) is 2.15. The maximum Gasteiger partial charge on any atom is 0.315 e. The smallest absolute Gasteiger partial charge is 0.315 e. The molecule has 1 saturated carbocycles. The highest BCUT2D eigenvalue weighted by Crippen LogP contribution is 2.37. The Kier molecular flexibility index (Phi) is 2.24. The second kappa shape index (κ2) is 3.09. The first-order valence-electron chi connectivity index (χ1n) is 3.60. The van der Waals surface area contributed by atoms with Crippen LogP contribution in [0.4, 0.5) is 0 Å². The monoisotopic (exact) mass is 202 g/mol. The average molecular weight is 202 g/mol. The third kappa shape index (κ3) is 1.22. The summed E-state index contributed by atoms with van der Waals surface area (Å²) in [6, 6.07) is 0. The Hall–Kier alpha value is -1.92. The zero-order valence-electron chi connectivity index (χ0n) is 6.71. The van der Waals surface area contributed by atoms with Gasteiger partial charge in [-0.1, -0.05) is 0 Å². The normalized spacial score (nSPS) is 30.6. The maximum absolute atomic E-state index is 10.9. The Morgan fingerprint density at radius 2 is 1.21 bits per heavy atom. The Labute approximate surface area is 77.0 Å². The molecule has 0 aromatic rings. The molecule has 76 valence electrons. The Bertz CT molecular complexity index is 307. The third-order valence-corrected chi connectivity index (χ3v) is 2.15. The fraction of sp³-hybridized carbons (Fsp3) is 0.429. The summed E-state index contributed by atoms with van der Waals surface area (Å²) in [5.41, 5.74) is 0. The lowest BCUT2D eigenvalue weighted by Gasteiger charge is -2.34. The molecule has 2 atom stereocenters. The minimum Gasteiger partial charge on any atom is -0.481 e. The molecule has 0 amide bonds. The molecule has 7 heteroatoms. The van der Waals surface area contributed by atoms with Crippen LogP contribution in [-0.2, 0) is 19.2 Å². The summed E-state index contributed by atoms with van der Waals surface area (Å²) in [4.78, 5) is 42.2. The molecule has 1 fully saturated rings. The highest BCUT2D eigenvalue weighted by atomic mass is 16.4. The van der Waals surface area contributed by atoms with Crippen molar-refractivity contribution in [2.24, 2.45) is 17.8 Å². The number of rotatable bonds is 3. The molecule has 1 aliphatic rings. The van der Waals surface area contributed by atoms with Crippen molar-refractivity contribution in [2.45, 2.75) is 0 Å². The molecule has 2 unspecified atom stereocenters. The number of carboxylic acid groups (broad SMARTS) is 3. The zero-order valence-corrected chi connectivity index (χ0v) is 6.71. The number of hydrogen-bond donors (Lipinski definition) is 3. The quantitative estimate of drug-likeness (QED) is 0.483. The van der Waals surface area contributed by atoms with Crippen molar-refractivity contribution in [2.75, 3.05) is 0 Å². The van der Waals surface area contributed by atoms with Crippen LogP contribution >= 0.6 is 0 Å². The van der Waals surface area contributed by atoms with Gasteiger partial charge in [-0.2, -0.15) is 0 Å². The summed E-state index contributed by atoms with van der Waals surface area (Å²) in [7, 11) is 0. The van der Waals surface area contributed by atoms with Gasteiger partial charge in [0.2, 0.25) is 0 Å². The van der Waals surface area contributed by atoms with Gasteiger partial charge >= 0.3 is 17.9 Å². The molecular formula is C7H6O7. The number of carboxylic acids is 3. The first-order chi connectivity index (χ1) is 6.37. The Balaban J connectivity index is 2.95. The minimum atomic E-state index is -1.73. The van der Waals surface area contributed by atoms with Crippen molar-refractivity contribution in [3.63, 3.8) is 0 Å². The van der Waals surface area contributed by atoms with Gasteiger partial charge in [-0.05, 0) is 0 Å². The van der Waals surface area contributed by atoms with Crippen molar-refractivity contribution in [3.8, 4) is 0 Å². The van der Waals surface area contributed by atoms with Crippen LogP contribution in [0, 0.1) is 17.8 Å². The van der Waals surface area contributed by atoms with E-state index in [0.717, 1.165) is 0 Å². The van der Waals surface area contributed by atoms with Gasteiger partial charge in [-0.15, -0.1) is 0 Å². The predicted octanol–water partition coefficient (Wildman–Crippen LogP) is -1.33. The van der Waals surface area contributed by atoms with Crippen molar-refractivity contribution in [1.29, 1.82) is 0 Å². The highest BCUT2D eigenvalue weighted by Gasteiger charge is 2.61. The molecule has 1 rings (SSSR count). The van der Waals surface area contributed by atoms with Gasteiger partial charge in [0.15, 0.2) is 5.78 Å². The lowest BCUT2D eigenvalue weighted by atomic mass is 9.63. The summed E-state index contributed by atoms with van der Waals surface area (Å²) in [5.74, 6) is -10.9. The van der Waals surface area contributed by atoms with Gasteiger partial charge in [-0.25, -0.2) is 0 Å². The SMILES string of the molecule is O=C(O)C1C(=O)C(C(=O)O)C1C(=O)O. The molecule has 0 aliphatic heterocycles. The molecule has 0 radical (unpaired) electrons. The van der Waals surface area contributed by atoms with Gasteiger partial charge in [0.05, 0.1) is 5.92 Å². The second-order valence-electron chi connectivity index (χ2n) is 2.90. The standard InChI is InChI=1S/C7H6O7/c8-4-2(6(11)12)1(5(9)10)3(4)7(13)14/h1-3H,(H,9,10)(H,11,12)(H,13,14). The van der Waals surface area contributed by atoms with E-state index in [1.807, 2.05) is 0 Å². The molecule has 0 saturated heterocycles. The van der Waals surface area contributed by atoms with Gasteiger partial charge in [0, 0.05) is 0 Å². The van der Waals surface area contributed by atoms with E-state index in [1.165, 1.54) is 0 Å². The van der Waals surface area contributed by atoms with Crippen molar-refractivity contribution < 1.29 is 34.5 Å². The number of carbonyl (C=O) groups is 4. The van der Waals surface area contributed by atoms with Crippen molar-refractivity contribution >= 4 is 23.7 Å². The number of carbonyl (C=O) groups excluding carboxylic acids is 1. The second-order valence-corrected chi connectivity index (χ2v) is 2.90. The molecule has 0 aromatic heterocycles. The van der Waals surface area contributed by atoms with Crippen LogP contribution in [0.3, 0.4) is 0 Å². The fourth-order valence-corrected chi connectivity index (χ4v) is 1.46. The predicted molar refractivity (Wildman–Crippen MR) is 38.4 cm³/mol. The maximum atomic E-state index is 10.9. The molecule has 0 bridgehead atoms. The molecule has 14 heavy (non-hydrogen) atoms. The van der Waals surface area contributed by atoms with E-state index in [-0.39, 0.29) is 0 Å². The van der Waals surface area contributed by atoms with E-state index in [4.69, 9.17) is 15.3 Å². The van der Waals surface area contributed by atoms with Crippen LogP contribution < -0.4 is 0 Å². The summed E-state index contributed by atoms with van der Waals surface area (Å²) in [6.07, 6.45) is 0. The van der Waals surface area contributed by atoms with Crippen LogP contribution in [0.5, 0.6) is 0 Å². The van der Waals surface area contributed by atoms with Crippen molar-refractivity contribution in [1.82, 2.24) is 0 Å². The number of aliphatic carboxylic acids is 3. The fourth-order valence-electron chi connectivity index (χ4n) is 1.46. The molecule has 0 aromatic carbocycles. The number of hydrogen-bond acceptors (Lipinski definition) is 4. The van der Waals surface area contributed by atoms with Crippen LogP contribution in [0.25, 0.3) is 0 Å². The van der Waals surface area contributed by atoms with Gasteiger partial charge in [0.1, 0.15) is 11.8 Å². The number of Topliss-reactive ketones (excluding diaryl/α,β-unsaturated/α-hetero) is 1. The lowest BCUT2D eigenvalue weighted by Crippen LogP contribution is -2.57. The summed E-state index contributed by atoms with van der Waals surface area (Å²) in [5, 5.41) is 25.4. The minimum absolute atomic E-state index is 1.06. The molecule has 0 heterocycles. The Morgan fingerprint density at radius 1 is 0.857 bits per heavy atom. The largest absolute Gasteiger partial charge is 0.481 e. The summed E-state index contributed by atoms with van der Waals surface area (Å²) >= 11 is 0. The average Bonchev–Trinajstić information content (AvgIpc) is 1.97. The zero-order chi connectivity index (χ0) is 11.0. The van der Waals surface area contributed by atoms with E-state index < -0.39 is 41.4 Å². The van der Waals surface area contributed by atoms with Gasteiger partial charge in [0.25, 0.3) is 0 Å². The van der Waals surface area contributed by atoms with Gasteiger partial charge < -0.3 is 15.3 Å². The lowest BCUT2D eigenvalue weighted by molar-refractivity contribution is -0.178. The molecule has 3 N–H and O–H groups in total. The molecular weight excluding hydrogens is 196 g/mol. The van der Waals surface area contributed by atoms with Crippen LogP contribution in [0.2, 0.25) is 0 Å². The van der Waals surface area contributed by atoms with E-state index in [9.17, 15) is 19.2 Å². The summed E-state index contributed by atoms with van der Waals surface area (Å²) < 4.78 is 0. The first-order valence-corrected chi connectivity index (χ1v) is 3.60. The van der Waals surface area contributed by atoms with Crippen LogP contribution in [0.1, 0.15) is 0 Å². The van der Waals surface area contributed by atoms with Gasteiger partial charge in [-0.3, -0.25) is 19.2 Å². The van der Waals surface area contributed by atoms with E-state index in [1.54, 1.807) is 0 Å². The van der Waals surface area contributed by atoms with Crippen LogP contribution in [0.15, 0.2) is 0 Å². The molecule has 0 spiro atoms. The topological polar surface area (TPSA) is 129 Å². The van der Waals surface area contributed by atoms with E-state index in [0.29, 0.717) is 0 Å². The highest BCUT2D eigenvalue weighted by molar-refractivity contribution is 6.17. The van der Waals surface area contributed by atoms with Crippen LogP contribution in [-0.4, -0.2) is 39.0 Å². The molecule has 7 nitrogen and oxygen atoms in total. The molecule has 1 aliphatic carbocycles. The van der Waals surface area contributed by atoms with E-state index >= 15 is 0 Å². The first kappa shape index (κ1) is 10.2. The number of ketones is 1. The summed E-state index contributed by atoms with van der Waals surface area (Å²) in [6.45, 7) is 0. The Morgan fingerprint density at radius 3 is 1.43 bits per heavy atom. The van der Waals surface area contributed by atoms with Crippen molar-refractivity contribution in [3.05, 3.63) is 0 Å².